The van der Waals surface area contributed by atoms with E-state index in [1.54, 1.807) is 66.7 Å². The van der Waals surface area contributed by atoms with Crippen LogP contribution in [0.15, 0.2) is 91.0 Å². The topological polar surface area (TPSA) is 140 Å². The van der Waals surface area contributed by atoms with Gasteiger partial charge in [-0.15, -0.1) is 0 Å². The maximum Gasteiger partial charge on any atom is 0.528 e. The van der Waals surface area contributed by atoms with Gasteiger partial charge in [-0.1, -0.05) is 54.6 Å². The van der Waals surface area contributed by atoms with E-state index in [-0.39, 0.29) is 16.5 Å². The van der Waals surface area contributed by atoms with E-state index in [0.717, 1.165) is 0 Å². The number of benzene rings is 5. The molecule has 10 heteroatoms. The number of para-hydroxylation sites is 2. The Morgan fingerprint density at radius 1 is 0.718 bits per heavy atom. The van der Waals surface area contributed by atoms with Crippen LogP contribution < -0.4 is 9.26 Å². The molecule has 1 unspecified atom stereocenters. The second kappa shape index (κ2) is 9.25. The normalized spacial score (nSPS) is 14.2. The molecule has 5 aromatic carbocycles. The lowest BCUT2D eigenvalue weighted by Gasteiger charge is -2.29. The maximum atomic E-state index is 13.5. The molecule has 1 aliphatic heterocycles. The smallest absolute Gasteiger partial charge is 0.478 e. The number of carboxylic acid groups (broad SMARTS) is 2. The molecule has 6 rings (SSSR count). The van der Waals surface area contributed by atoms with Gasteiger partial charge in [0.05, 0.1) is 5.56 Å². The second-order valence-electron chi connectivity index (χ2n) is 8.88. The standard InChI is InChI=1S/C29H19O9P/c30-28(31)18-9-5-6-16-14-17-12-13-21(29(32)33)27(23(17)15-22(16)18)38-39(34,35)37-26-19-7-1-3-10-24(19)36-25-11-4-2-8-20(25)26/h1-15,26H,(H,30,31)(H,32,33)(H,34,35). The molecule has 1 heterocycles. The predicted octanol–water partition coefficient (Wildman–Crippen LogP) is 6.78. The third-order valence-electron chi connectivity index (χ3n) is 6.50. The first-order valence-electron chi connectivity index (χ1n) is 11.7. The summed E-state index contributed by atoms with van der Waals surface area (Å²) in [5.41, 5.74) is 0.574. The number of ether oxygens (including phenoxy) is 1. The van der Waals surface area contributed by atoms with Gasteiger partial charge in [-0.05, 0) is 52.6 Å². The van der Waals surface area contributed by atoms with Crippen LogP contribution in [-0.2, 0) is 9.09 Å². The molecule has 0 radical (unpaired) electrons. The fourth-order valence-electron chi connectivity index (χ4n) is 4.77. The highest BCUT2D eigenvalue weighted by Gasteiger charge is 2.37. The van der Waals surface area contributed by atoms with Crippen molar-refractivity contribution in [3.63, 3.8) is 0 Å². The van der Waals surface area contributed by atoms with E-state index in [9.17, 15) is 29.3 Å². The third-order valence-corrected chi connectivity index (χ3v) is 7.39. The number of fused-ring (bicyclic) bond motifs is 4. The molecule has 39 heavy (non-hydrogen) atoms. The zero-order valence-electron chi connectivity index (χ0n) is 20.0. The number of rotatable bonds is 6. The lowest BCUT2D eigenvalue weighted by Crippen LogP contribution is -2.14. The number of phosphoric ester groups is 1. The van der Waals surface area contributed by atoms with Crippen molar-refractivity contribution in [3.8, 4) is 17.2 Å². The Hall–Kier alpha value is -4.69. The van der Waals surface area contributed by atoms with Gasteiger partial charge in [0.15, 0.2) is 5.75 Å². The predicted molar refractivity (Wildman–Crippen MR) is 142 cm³/mol. The van der Waals surface area contributed by atoms with Gasteiger partial charge < -0.3 is 19.5 Å². The van der Waals surface area contributed by atoms with Gasteiger partial charge in [0.1, 0.15) is 23.2 Å². The summed E-state index contributed by atoms with van der Waals surface area (Å²) in [6.45, 7) is 0. The Balaban J connectivity index is 1.48. The first-order valence-corrected chi connectivity index (χ1v) is 13.2. The van der Waals surface area contributed by atoms with E-state index < -0.39 is 31.6 Å². The SMILES string of the molecule is O=C(O)c1ccc2cc3cccc(C(=O)O)c3cc2c1OP(=O)(O)OC1c2ccccc2Oc2ccccc21. The number of carboxylic acids is 2. The lowest BCUT2D eigenvalue weighted by molar-refractivity contribution is 0.0685. The van der Waals surface area contributed by atoms with Crippen molar-refractivity contribution in [1.29, 1.82) is 0 Å². The number of hydrogen-bond acceptors (Lipinski definition) is 6. The second-order valence-corrected chi connectivity index (χ2v) is 10.2. The summed E-state index contributed by atoms with van der Waals surface area (Å²) in [5.74, 6) is -2.12. The number of carbonyl (C=O) groups is 2. The minimum Gasteiger partial charge on any atom is -0.478 e. The van der Waals surface area contributed by atoms with E-state index in [1.807, 2.05) is 0 Å². The molecular formula is C29H19O9P. The van der Waals surface area contributed by atoms with Gasteiger partial charge in [-0.3, -0.25) is 9.42 Å². The van der Waals surface area contributed by atoms with Crippen LogP contribution >= 0.6 is 7.82 Å². The maximum absolute atomic E-state index is 13.5. The molecule has 0 bridgehead atoms. The fourth-order valence-corrected chi connectivity index (χ4v) is 5.74. The van der Waals surface area contributed by atoms with E-state index in [0.29, 0.717) is 38.8 Å². The zero-order chi connectivity index (χ0) is 27.3. The van der Waals surface area contributed by atoms with E-state index in [2.05, 4.69) is 0 Å². The molecule has 0 amide bonds. The minimum atomic E-state index is -4.99. The van der Waals surface area contributed by atoms with Gasteiger partial charge in [0.25, 0.3) is 0 Å². The number of hydrogen-bond donors (Lipinski definition) is 3. The zero-order valence-corrected chi connectivity index (χ0v) is 20.9. The Morgan fingerprint density at radius 3 is 1.97 bits per heavy atom. The Labute approximate surface area is 221 Å². The average molecular weight is 542 g/mol. The highest BCUT2D eigenvalue weighted by Crippen LogP contribution is 2.55. The first-order chi connectivity index (χ1) is 18.7. The monoisotopic (exact) mass is 542 g/mol. The molecule has 0 aromatic heterocycles. The van der Waals surface area contributed by atoms with Gasteiger partial charge in [-0.25, -0.2) is 14.2 Å². The van der Waals surface area contributed by atoms with Crippen LogP contribution in [0.25, 0.3) is 21.5 Å². The van der Waals surface area contributed by atoms with Crippen molar-refractivity contribution >= 4 is 41.3 Å². The molecule has 1 atom stereocenters. The van der Waals surface area contributed by atoms with Crippen molar-refractivity contribution < 1.29 is 43.0 Å². The highest BCUT2D eigenvalue weighted by atomic mass is 31.2. The Kier molecular flexibility index (Phi) is 5.84. The largest absolute Gasteiger partial charge is 0.528 e. The molecule has 3 N–H and O–H groups in total. The summed E-state index contributed by atoms with van der Waals surface area (Å²) in [4.78, 5) is 34.9. The molecule has 0 aliphatic carbocycles. The highest BCUT2D eigenvalue weighted by molar-refractivity contribution is 7.47. The summed E-state index contributed by atoms with van der Waals surface area (Å²) < 4.78 is 30.6. The van der Waals surface area contributed by atoms with Crippen LogP contribution in [0.3, 0.4) is 0 Å². The summed E-state index contributed by atoms with van der Waals surface area (Å²) >= 11 is 0. The molecule has 0 saturated heterocycles. The van der Waals surface area contributed by atoms with Crippen molar-refractivity contribution in [3.05, 3.63) is 113 Å². The van der Waals surface area contributed by atoms with Gasteiger partial charge in [0.2, 0.25) is 0 Å². The summed E-state index contributed by atoms with van der Waals surface area (Å²) in [7, 11) is -4.99. The van der Waals surface area contributed by atoms with Gasteiger partial charge in [-0.2, -0.15) is 0 Å². The van der Waals surface area contributed by atoms with Crippen LogP contribution in [0.4, 0.5) is 0 Å². The van der Waals surface area contributed by atoms with Gasteiger partial charge >= 0.3 is 19.8 Å². The summed E-state index contributed by atoms with van der Waals surface area (Å²) in [5, 5.41) is 21.0. The van der Waals surface area contributed by atoms with E-state index in [1.165, 1.54) is 24.3 Å². The minimum absolute atomic E-state index is 0.0140. The van der Waals surface area contributed by atoms with Crippen molar-refractivity contribution in [2.75, 3.05) is 0 Å². The molecule has 5 aromatic rings. The third kappa shape index (κ3) is 4.38. The molecule has 0 fully saturated rings. The molecule has 194 valence electrons. The number of aromatic carboxylic acids is 2. The molecule has 1 aliphatic rings. The van der Waals surface area contributed by atoms with Crippen molar-refractivity contribution in [2.45, 2.75) is 6.10 Å². The van der Waals surface area contributed by atoms with Crippen LogP contribution in [0.2, 0.25) is 0 Å². The molecule has 9 nitrogen and oxygen atoms in total. The van der Waals surface area contributed by atoms with Crippen LogP contribution in [0.5, 0.6) is 17.2 Å². The van der Waals surface area contributed by atoms with Crippen LogP contribution in [0, 0.1) is 0 Å². The van der Waals surface area contributed by atoms with E-state index >= 15 is 0 Å². The van der Waals surface area contributed by atoms with Crippen molar-refractivity contribution in [2.24, 2.45) is 0 Å². The van der Waals surface area contributed by atoms with Gasteiger partial charge in [0, 0.05) is 16.5 Å². The Morgan fingerprint density at radius 2 is 1.33 bits per heavy atom. The lowest BCUT2D eigenvalue weighted by atomic mass is 9.97. The molecular weight excluding hydrogens is 523 g/mol. The quantitative estimate of drug-likeness (QED) is 0.156. The summed E-state index contributed by atoms with van der Waals surface area (Å²) in [6, 6.07) is 24.3. The number of phosphoric acid groups is 1. The Bertz CT molecular complexity index is 1820. The van der Waals surface area contributed by atoms with Crippen molar-refractivity contribution in [1.82, 2.24) is 0 Å². The average Bonchev–Trinajstić information content (AvgIpc) is 2.91. The fraction of sp³-hybridized carbons (Fsp3) is 0.0345. The molecule has 0 spiro atoms. The first kappa shape index (κ1) is 24.6. The van der Waals surface area contributed by atoms with Crippen LogP contribution in [-0.4, -0.2) is 27.0 Å². The van der Waals surface area contributed by atoms with E-state index in [4.69, 9.17) is 13.8 Å². The summed E-state index contributed by atoms with van der Waals surface area (Å²) in [6.07, 6.45) is -1.05. The molecule has 0 saturated carbocycles. The van der Waals surface area contributed by atoms with Crippen LogP contribution in [0.1, 0.15) is 37.9 Å².